The van der Waals surface area contributed by atoms with E-state index in [9.17, 15) is 4.79 Å². The molecule has 25 heavy (non-hydrogen) atoms. The van der Waals surface area contributed by atoms with Crippen LogP contribution in [0.15, 0.2) is 41.3 Å². The number of aryl methyl sites for hydroxylation is 1. The molecule has 2 aromatic heterocycles. The van der Waals surface area contributed by atoms with E-state index in [-0.39, 0.29) is 5.56 Å². The van der Waals surface area contributed by atoms with Gasteiger partial charge in [0.25, 0.3) is 5.56 Å². The van der Waals surface area contributed by atoms with Crippen LogP contribution in [0.5, 0.6) is 0 Å². The first-order chi connectivity index (χ1) is 12.1. The molecule has 0 amide bonds. The van der Waals surface area contributed by atoms with Gasteiger partial charge in [-0.1, -0.05) is 30.3 Å². The van der Waals surface area contributed by atoms with Crippen LogP contribution < -0.4 is 5.56 Å². The van der Waals surface area contributed by atoms with Gasteiger partial charge in [-0.05, 0) is 12.5 Å². The van der Waals surface area contributed by atoms with Crippen molar-refractivity contribution >= 4 is 0 Å². The van der Waals surface area contributed by atoms with Crippen LogP contribution in [0, 0.1) is 6.92 Å². The van der Waals surface area contributed by atoms with Crippen molar-refractivity contribution in [3.05, 3.63) is 69.4 Å². The Hall–Kier alpha value is -2.73. The molecule has 0 unspecified atom stereocenters. The van der Waals surface area contributed by atoms with Gasteiger partial charge in [-0.15, -0.1) is 0 Å². The highest BCUT2D eigenvalue weighted by atomic mass is 16.1. The highest BCUT2D eigenvalue weighted by Crippen LogP contribution is 2.21. The fourth-order valence-corrected chi connectivity index (χ4v) is 3.32. The summed E-state index contributed by atoms with van der Waals surface area (Å²) in [5.74, 6) is 0.617. The molecule has 0 saturated carbocycles. The molecule has 0 fully saturated rings. The van der Waals surface area contributed by atoms with Crippen molar-refractivity contribution in [3.63, 3.8) is 0 Å². The van der Waals surface area contributed by atoms with Gasteiger partial charge in [-0.25, -0.2) is 4.98 Å². The Balaban J connectivity index is 1.62. The summed E-state index contributed by atoms with van der Waals surface area (Å²) >= 11 is 0. The van der Waals surface area contributed by atoms with Crippen molar-refractivity contribution in [1.29, 1.82) is 0 Å². The van der Waals surface area contributed by atoms with Crippen LogP contribution in [0.4, 0.5) is 0 Å². The Labute approximate surface area is 146 Å². The van der Waals surface area contributed by atoms with E-state index in [0.717, 1.165) is 42.0 Å². The topological polar surface area (TPSA) is 66.8 Å². The molecule has 0 atom stereocenters. The molecule has 128 valence electrons. The van der Waals surface area contributed by atoms with Gasteiger partial charge >= 0.3 is 0 Å². The van der Waals surface area contributed by atoms with Crippen LogP contribution in [0.3, 0.4) is 0 Å². The fourth-order valence-electron chi connectivity index (χ4n) is 3.32. The lowest BCUT2D eigenvalue weighted by Gasteiger charge is -2.27. The van der Waals surface area contributed by atoms with Gasteiger partial charge in [0.1, 0.15) is 5.82 Å². The first-order valence-electron chi connectivity index (χ1n) is 8.49. The molecule has 4 rings (SSSR count). The van der Waals surface area contributed by atoms with E-state index in [2.05, 4.69) is 27.1 Å². The Bertz CT molecular complexity index is 958. The summed E-state index contributed by atoms with van der Waals surface area (Å²) in [4.78, 5) is 22.6. The van der Waals surface area contributed by atoms with Crippen molar-refractivity contribution in [2.45, 2.75) is 26.4 Å². The van der Waals surface area contributed by atoms with Crippen molar-refractivity contribution in [2.75, 3.05) is 6.54 Å². The molecule has 6 nitrogen and oxygen atoms in total. The SMILES string of the molecule is Cc1c(-c2nc3c(c(=O)[nH]2)CN(Cc2ccccc2)CC3)cnn1C. The zero-order chi connectivity index (χ0) is 17.4. The molecular weight excluding hydrogens is 314 g/mol. The molecular formula is C19H21N5O. The van der Waals surface area contributed by atoms with Gasteiger partial charge in [-0.2, -0.15) is 5.10 Å². The van der Waals surface area contributed by atoms with Gasteiger partial charge in [0, 0.05) is 38.8 Å². The Morgan fingerprint density at radius 2 is 2.04 bits per heavy atom. The first-order valence-corrected chi connectivity index (χ1v) is 8.49. The molecule has 1 aliphatic rings. The second-order valence-electron chi connectivity index (χ2n) is 6.55. The first kappa shape index (κ1) is 15.8. The quantitative estimate of drug-likeness (QED) is 0.795. The summed E-state index contributed by atoms with van der Waals surface area (Å²) in [6.07, 6.45) is 2.54. The molecule has 3 aromatic rings. The lowest BCUT2D eigenvalue weighted by molar-refractivity contribution is 0.242. The van der Waals surface area contributed by atoms with E-state index in [0.29, 0.717) is 12.4 Å². The molecule has 3 heterocycles. The lowest BCUT2D eigenvalue weighted by atomic mass is 10.1. The van der Waals surface area contributed by atoms with Gasteiger partial charge in [0.15, 0.2) is 0 Å². The molecule has 6 heteroatoms. The number of benzene rings is 1. The monoisotopic (exact) mass is 335 g/mol. The highest BCUT2D eigenvalue weighted by Gasteiger charge is 2.22. The summed E-state index contributed by atoms with van der Waals surface area (Å²) in [6.45, 7) is 4.37. The smallest absolute Gasteiger partial charge is 0.255 e. The molecule has 0 saturated heterocycles. The third-order valence-corrected chi connectivity index (χ3v) is 4.89. The number of rotatable bonds is 3. The number of aromatic nitrogens is 4. The number of fused-ring (bicyclic) bond motifs is 1. The van der Waals surface area contributed by atoms with Crippen LogP contribution in [-0.2, 0) is 26.6 Å². The molecule has 1 aliphatic heterocycles. The van der Waals surface area contributed by atoms with Crippen LogP contribution in [0.2, 0.25) is 0 Å². The summed E-state index contributed by atoms with van der Waals surface area (Å²) in [5, 5.41) is 4.24. The summed E-state index contributed by atoms with van der Waals surface area (Å²) in [7, 11) is 1.89. The average Bonchev–Trinajstić information content (AvgIpc) is 2.95. The zero-order valence-electron chi connectivity index (χ0n) is 14.5. The normalized spacial score (nSPS) is 14.5. The van der Waals surface area contributed by atoms with Crippen LogP contribution in [0.25, 0.3) is 11.4 Å². The van der Waals surface area contributed by atoms with Gasteiger partial charge in [0.05, 0.1) is 23.0 Å². The van der Waals surface area contributed by atoms with Crippen LogP contribution in [-0.4, -0.2) is 31.2 Å². The Kier molecular flexibility index (Phi) is 3.97. The number of nitrogens with one attached hydrogen (secondary N) is 1. The lowest BCUT2D eigenvalue weighted by Crippen LogP contribution is -2.35. The van der Waals surface area contributed by atoms with Crippen molar-refractivity contribution in [3.8, 4) is 11.4 Å². The summed E-state index contributed by atoms with van der Waals surface area (Å²) < 4.78 is 1.79. The predicted molar refractivity (Wildman–Crippen MR) is 96.1 cm³/mol. The molecule has 0 aliphatic carbocycles. The maximum Gasteiger partial charge on any atom is 0.255 e. The Morgan fingerprint density at radius 3 is 2.76 bits per heavy atom. The average molecular weight is 335 g/mol. The van der Waals surface area contributed by atoms with Gasteiger partial charge < -0.3 is 4.98 Å². The minimum absolute atomic E-state index is 0.0407. The zero-order valence-corrected chi connectivity index (χ0v) is 14.5. The largest absolute Gasteiger partial charge is 0.306 e. The van der Waals surface area contributed by atoms with Crippen LogP contribution >= 0.6 is 0 Å². The maximum absolute atomic E-state index is 12.6. The standard InChI is InChI=1S/C19H21N5O/c1-13-15(10-20-23(13)2)18-21-17-8-9-24(12-16(17)19(25)22-18)11-14-6-4-3-5-7-14/h3-7,10H,8-9,11-12H2,1-2H3,(H,21,22,25). The molecule has 1 aromatic carbocycles. The second kappa shape index (κ2) is 6.29. The number of hydrogen-bond acceptors (Lipinski definition) is 4. The number of hydrogen-bond donors (Lipinski definition) is 1. The van der Waals surface area contributed by atoms with E-state index >= 15 is 0 Å². The predicted octanol–water partition coefficient (Wildman–Crippen LogP) is 2.04. The van der Waals surface area contributed by atoms with Crippen LogP contribution in [0.1, 0.15) is 22.5 Å². The van der Waals surface area contributed by atoms with E-state index in [1.54, 1.807) is 10.9 Å². The van der Waals surface area contributed by atoms with E-state index in [1.807, 2.05) is 32.2 Å². The highest BCUT2D eigenvalue weighted by molar-refractivity contribution is 5.57. The fraction of sp³-hybridized carbons (Fsp3) is 0.316. The van der Waals surface area contributed by atoms with Gasteiger partial charge in [-0.3, -0.25) is 14.4 Å². The van der Waals surface area contributed by atoms with Crippen molar-refractivity contribution in [1.82, 2.24) is 24.6 Å². The molecule has 0 bridgehead atoms. The molecule has 1 N–H and O–H groups in total. The number of aromatic amines is 1. The minimum Gasteiger partial charge on any atom is -0.306 e. The van der Waals surface area contributed by atoms with E-state index < -0.39 is 0 Å². The van der Waals surface area contributed by atoms with Gasteiger partial charge in [0.2, 0.25) is 0 Å². The van der Waals surface area contributed by atoms with Crippen molar-refractivity contribution in [2.24, 2.45) is 7.05 Å². The van der Waals surface area contributed by atoms with Crippen molar-refractivity contribution < 1.29 is 0 Å². The third kappa shape index (κ3) is 3.00. The third-order valence-electron chi connectivity index (χ3n) is 4.89. The van der Waals surface area contributed by atoms with E-state index in [1.165, 1.54) is 5.56 Å². The minimum atomic E-state index is -0.0407. The number of nitrogens with zero attached hydrogens (tertiary/aromatic N) is 4. The maximum atomic E-state index is 12.6. The summed E-state index contributed by atoms with van der Waals surface area (Å²) in [6, 6.07) is 10.3. The molecule has 0 spiro atoms. The number of H-pyrrole nitrogens is 1. The second-order valence-corrected chi connectivity index (χ2v) is 6.55. The summed E-state index contributed by atoms with van der Waals surface area (Å²) in [5.41, 5.74) is 4.79. The van der Waals surface area contributed by atoms with E-state index in [4.69, 9.17) is 4.98 Å². The Morgan fingerprint density at radius 1 is 1.24 bits per heavy atom. The molecule has 0 radical (unpaired) electrons.